The Kier molecular flexibility index (Phi) is 2.40. The molecule has 1 aromatic heterocycles. The first-order valence-electron chi connectivity index (χ1n) is 3.02. The summed E-state index contributed by atoms with van der Waals surface area (Å²) in [4.78, 5) is 3.83. The summed E-state index contributed by atoms with van der Waals surface area (Å²) in [5.74, 6) is 10.4. The molecule has 1 aromatic rings. The number of hydrogen-bond donors (Lipinski definition) is 2. The lowest BCUT2D eigenvalue weighted by Gasteiger charge is -2.10. The Morgan fingerprint density at radius 2 is 2.09 bits per heavy atom. The summed E-state index contributed by atoms with van der Waals surface area (Å²) in [5, 5.41) is 4.57. The van der Waals surface area contributed by atoms with E-state index in [0.29, 0.717) is 0 Å². The quantitative estimate of drug-likeness (QED) is 0.262. The van der Waals surface area contributed by atoms with Crippen LogP contribution in [0, 0.1) is 0 Å². The van der Waals surface area contributed by atoms with Gasteiger partial charge in [-0.1, -0.05) is 0 Å². The van der Waals surface area contributed by atoms with E-state index in [1.807, 2.05) is 0 Å². The fraction of sp³-hybridized carbons (Fsp3) is 0. The van der Waals surface area contributed by atoms with E-state index in [1.165, 1.54) is 11.3 Å². The Morgan fingerprint density at radius 3 is 2.64 bits per heavy atom. The minimum atomic E-state index is 0.786. The van der Waals surface area contributed by atoms with E-state index in [1.54, 1.807) is 24.5 Å². The fourth-order valence-electron chi connectivity index (χ4n) is 0.655. The first-order valence-corrected chi connectivity index (χ1v) is 3.02. The van der Waals surface area contributed by atoms with E-state index in [4.69, 9.17) is 11.7 Å². The molecule has 5 nitrogen and oxygen atoms in total. The monoisotopic (exact) mass is 151 g/mol. The summed E-state index contributed by atoms with van der Waals surface area (Å²) in [7, 11) is 0. The molecule has 0 saturated heterocycles. The first kappa shape index (κ1) is 7.49. The van der Waals surface area contributed by atoms with Crippen LogP contribution in [0.3, 0.4) is 0 Å². The second-order valence-corrected chi connectivity index (χ2v) is 1.88. The number of hydrazine groups is 1. The summed E-state index contributed by atoms with van der Waals surface area (Å²) in [6.07, 6.45) is 4.59. The molecule has 0 aliphatic carbocycles. The van der Waals surface area contributed by atoms with Crippen molar-refractivity contribution in [3.63, 3.8) is 0 Å². The van der Waals surface area contributed by atoms with Crippen LogP contribution in [0.25, 0.3) is 0 Å². The Balaban J connectivity index is 2.76. The molecule has 0 aliphatic heterocycles. The van der Waals surface area contributed by atoms with Crippen LogP contribution in [0.2, 0.25) is 0 Å². The van der Waals surface area contributed by atoms with Crippen LogP contribution < -0.4 is 16.7 Å². The summed E-state index contributed by atoms with van der Waals surface area (Å²) in [6, 6.07) is 3.50. The third kappa shape index (κ3) is 1.91. The molecule has 0 aromatic carbocycles. The molecule has 11 heavy (non-hydrogen) atoms. The lowest BCUT2D eigenvalue weighted by Crippen LogP contribution is -2.29. The highest BCUT2D eigenvalue weighted by Crippen LogP contribution is 2.04. The molecule has 1 heterocycles. The standard InChI is InChI=1S/C6H9N5/c7-10-5-11(8)6-1-3-9-4-2-6/h1-5H,7-8H2/b10-5-. The number of pyridine rings is 1. The lowest BCUT2D eigenvalue weighted by atomic mass is 10.4. The van der Waals surface area contributed by atoms with Gasteiger partial charge in [0.2, 0.25) is 0 Å². The largest absolute Gasteiger partial charge is 0.322 e. The normalized spacial score (nSPS) is 10.3. The zero-order chi connectivity index (χ0) is 8.10. The molecule has 0 atom stereocenters. The zero-order valence-corrected chi connectivity index (χ0v) is 5.88. The van der Waals surface area contributed by atoms with Crippen molar-refractivity contribution in [1.29, 1.82) is 0 Å². The number of nitrogens with two attached hydrogens (primary N) is 2. The van der Waals surface area contributed by atoms with Gasteiger partial charge in [-0.05, 0) is 12.1 Å². The molecule has 58 valence electrons. The van der Waals surface area contributed by atoms with Crippen molar-refractivity contribution >= 4 is 12.0 Å². The van der Waals surface area contributed by atoms with E-state index < -0.39 is 0 Å². The minimum absolute atomic E-state index is 0.786. The molecule has 0 unspecified atom stereocenters. The van der Waals surface area contributed by atoms with Crippen molar-refractivity contribution in [3.8, 4) is 0 Å². The van der Waals surface area contributed by atoms with Crippen LogP contribution in [-0.2, 0) is 0 Å². The van der Waals surface area contributed by atoms with Gasteiger partial charge in [0, 0.05) is 12.4 Å². The van der Waals surface area contributed by atoms with Gasteiger partial charge >= 0.3 is 0 Å². The van der Waals surface area contributed by atoms with Gasteiger partial charge in [-0.25, -0.2) is 5.84 Å². The van der Waals surface area contributed by atoms with Crippen LogP contribution >= 0.6 is 0 Å². The van der Waals surface area contributed by atoms with Gasteiger partial charge < -0.3 is 5.84 Å². The third-order valence-corrected chi connectivity index (χ3v) is 1.15. The topological polar surface area (TPSA) is 80.5 Å². The van der Waals surface area contributed by atoms with E-state index in [2.05, 4.69) is 10.1 Å². The van der Waals surface area contributed by atoms with Gasteiger partial charge in [-0.15, -0.1) is 0 Å². The maximum Gasteiger partial charge on any atom is 0.129 e. The van der Waals surface area contributed by atoms with Crippen molar-refractivity contribution in [2.75, 3.05) is 5.01 Å². The number of nitrogens with zero attached hydrogens (tertiary/aromatic N) is 3. The molecule has 0 saturated carbocycles. The molecular weight excluding hydrogens is 142 g/mol. The predicted molar refractivity (Wildman–Crippen MR) is 43.6 cm³/mol. The Bertz CT molecular complexity index is 232. The molecular formula is C6H9N5. The smallest absolute Gasteiger partial charge is 0.129 e. The number of aromatic nitrogens is 1. The number of anilines is 1. The Morgan fingerprint density at radius 1 is 1.45 bits per heavy atom. The molecule has 0 amide bonds. The second kappa shape index (κ2) is 3.52. The van der Waals surface area contributed by atoms with Crippen molar-refractivity contribution in [2.45, 2.75) is 0 Å². The molecule has 5 heteroatoms. The summed E-state index contributed by atoms with van der Waals surface area (Å²) in [6.45, 7) is 0. The van der Waals surface area contributed by atoms with Crippen LogP contribution in [0.5, 0.6) is 0 Å². The van der Waals surface area contributed by atoms with E-state index in [9.17, 15) is 0 Å². The summed E-state index contributed by atoms with van der Waals surface area (Å²) >= 11 is 0. The van der Waals surface area contributed by atoms with Gasteiger partial charge in [-0.2, -0.15) is 5.10 Å². The maximum absolute atomic E-state index is 5.48. The highest BCUT2D eigenvalue weighted by molar-refractivity contribution is 5.76. The van der Waals surface area contributed by atoms with Crippen LogP contribution in [0.1, 0.15) is 0 Å². The summed E-state index contributed by atoms with van der Waals surface area (Å²) < 4.78 is 0. The molecule has 0 aliphatic rings. The number of hydrogen-bond acceptors (Lipinski definition) is 4. The first-order chi connectivity index (χ1) is 5.34. The highest BCUT2D eigenvalue weighted by atomic mass is 15.4. The molecule has 1 rings (SSSR count). The van der Waals surface area contributed by atoms with E-state index in [-0.39, 0.29) is 0 Å². The van der Waals surface area contributed by atoms with Crippen molar-refractivity contribution in [2.24, 2.45) is 16.8 Å². The number of hydrazone groups is 1. The zero-order valence-electron chi connectivity index (χ0n) is 5.88. The van der Waals surface area contributed by atoms with Gasteiger partial charge in [0.05, 0.1) is 5.69 Å². The van der Waals surface area contributed by atoms with Crippen LogP contribution in [0.15, 0.2) is 29.6 Å². The molecule has 0 spiro atoms. The molecule has 0 bridgehead atoms. The highest BCUT2D eigenvalue weighted by Gasteiger charge is 1.93. The minimum Gasteiger partial charge on any atom is -0.322 e. The Labute approximate surface area is 64.3 Å². The van der Waals surface area contributed by atoms with Gasteiger partial charge in [0.1, 0.15) is 6.34 Å². The average molecular weight is 151 g/mol. The fourth-order valence-corrected chi connectivity index (χ4v) is 0.655. The van der Waals surface area contributed by atoms with Gasteiger partial charge in [0.25, 0.3) is 0 Å². The second-order valence-electron chi connectivity index (χ2n) is 1.88. The molecule has 4 N–H and O–H groups in total. The number of rotatable bonds is 2. The third-order valence-electron chi connectivity index (χ3n) is 1.15. The SMILES string of the molecule is N/N=C\N(N)c1ccncc1. The van der Waals surface area contributed by atoms with Crippen LogP contribution in [0.4, 0.5) is 5.69 Å². The molecule has 0 fully saturated rings. The van der Waals surface area contributed by atoms with Crippen molar-refractivity contribution in [1.82, 2.24) is 4.98 Å². The maximum atomic E-state index is 5.48. The van der Waals surface area contributed by atoms with E-state index >= 15 is 0 Å². The van der Waals surface area contributed by atoms with Crippen LogP contribution in [-0.4, -0.2) is 11.3 Å². The average Bonchev–Trinajstić information content (AvgIpc) is 2.07. The molecule has 0 radical (unpaired) electrons. The predicted octanol–water partition coefficient (Wildman–Crippen LogP) is -0.336. The van der Waals surface area contributed by atoms with Crippen molar-refractivity contribution < 1.29 is 0 Å². The van der Waals surface area contributed by atoms with E-state index in [0.717, 1.165) is 5.69 Å². The van der Waals surface area contributed by atoms with Crippen molar-refractivity contribution in [3.05, 3.63) is 24.5 Å². The van der Waals surface area contributed by atoms with Gasteiger partial charge in [0.15, 0.2) is 0 Å². The lowest BCUT2D eigenvalue weighted by molar-refractivity contribution is 1.11. The summed E-state index contributed by atoms with van der Waals surface area (Å²) in [5.41, 5.74) is 0.786. The Hall–Kier alpha value is -1.62. The van der Waals surface area contributed by atoms with Gasteiger partial charge in [-0.3, -0.25) is 9.99 Å².